The van der Waals surface area contributed by atoms with Gasteiger partial charge in [-0.2, -0.15) is 0 Å². The van der Waals surface area contributed by atoms with E-state index in [2.05, 4.69) is 10.6 Å². The van der Waals surface area contributed by atoms with Crippen LogP contribution in [0.5, 0.6) is 0 Å². The Morgan fingerprint density at radius 3 is 2.19 bits per heavy atom. The van der Waals surface area contributed by atoms with Gasteiger partial charge in [0.25, 0.3) is 0 Å². The molecule has 1 amide bonds. The van der Waals surface area contributed by atoms with Crippen LogP contribution in [0.1, 0.15) is 46.0 Å². The molecule has 0 aromatic rings. The van der Waals surface area contributed by atoms with Crippen LogP contribution in [-0.2, 0) is 14.6 Å². The van der Waals surface area contributed by atoms with E-state index in [1.54, 1.807) is 7.05 Å². The summed E-state index contributed by atoms with van der Waals surface area (Å²) in [6.45, 7) is 4.71. The van der Waals surface area contributed by atoms with E-state index in [0.29, 0.717) is 25.9 Å². The summed E-state index contributed by atoms with van der Waals surface area (Å²) in [5.74, 6) is -0.544. The summed E-state index contributed by atoms with van der Waals surface area (Å²) < 4.78 is 25.4. The Labute approximate surface area is 135 Å². The molecule has 0 radical (unpaired) electrons. The van der Waals surface area contributed by atoms with Crippen molar-refractivity contribution in [3.05, 3.63) is 0 Å². The van der Waals surface area contributed by atoms with E-state index in [9.17, 15) is 13.2 Å². The Bertz CT molecular complexity index is 406. The minimum Gasteiger partial charge on any atom is -0.354 e. The lowest BCUT2D eigenvalue weighted by Crippen LogP contribution is -2.48. The first-order chi connectivity index (χ1) is 9.41. The molecule has 7 heteroatoms. The molecule has 1 atom stereocenters. The van der Waals surface area contributed by atoms with Crippen LogP contribution in [0.4, 0.5) is 0 Å². The molecule has 1 rings (SSSR count). The molecule has 0 aromatic heterocycles. The van der Waals surface area contributed by atoms with Gasteiger partial charge in [-0.05, 0) is 25.8 Å². The minimum absolute atomic E-state index is 0. The summed E-state index contributed by atoms with van der Waals surface area (Å²) in [7, 11) is -1.60. The maximum absolute atomic E-state index is 12.7. The van der Waals surface area contributed by atoms with E-state index in [-0.39, 0.29) is 29.5 Å². The van der Waals surface area contributed by atoms with Gasteiger partial charge in [-0.1, -0.05) is 33.1 Å². The largest absolute Gasteiger partial charge is 0.354 e. The Balaban J connectivity index is 0.00000400. The normalized spacial score (nSPS) is 18.1. The van der Waals surface area contributed by atoms with Gasteiger partial charge in [0.2, 0.25) is 5.91 Å². The fourth-order valence-corrected chi connectivity index (χ4v) is 5.39. The van der Waals surface area contributed by atoms with E-state index in [1.165, 1.54) is 0 Å². The van der Waals surface area contributed by atoms with Gasteiger partial charge in [-0.3, -0.25) is 4.79 Å². The molecule has 1 fully saturated rings. The summed E-state index contributed by atoms with van der Waals surface area (Å²) in [6.07, 6.45) is 4.42. The third-order valence-corrected chi connectivity index (χ3v) is 6.78. The van der Waals surface area contributed by atoms with Crippen molar-refractivity contribution >= 4 is 28.2 Å². The quantitative estimate of drug-likeness (QED) is 0.689. The smallest absolute Gasteiger partial charge is 0.238 e. The third kappa shape index (κ3) is 5.75. The van der Waals surface area contributed by atoms with Crippen molar-refractivity contribution in [3.63, 3.8) is 0 Å². The van der Waals surface area contributed by atoms with E-state index in [0.717, 1.165) is 19.3 Å². The van der Waals surface area contributed by atoms with Gasteiger partial charge < -0.3 is 10.6 Å². The maximum Gasteiger partial charge on any atom is 0.238 e. The highest BCUT2D eigenvalue weighted by molar-refractivity contribution is 7.93. The summed E-state index contributed by atoms with van der Waals surface area (Å²) in [4.78, 5) is 12.2. The Kier molecular flexibility index (Phi) is 9.49. The van der Waals surface area contributed by atoms with Gasteiger partial charge in [0.05, 0.1) is 5.25 Å². The lowest BCUT2D eigenvalue weighted by atomic mass is 10.0. The highest BCUT2D eigenvalue weighted by Gasteiger charge is 2.40. The molecule has 5 nitrogen and oxygen atoms in total. The fourth-order valence-electron chi connectivity index (χ4n) is 2.84. The molecule has 126 valence electrons. The van der Waals surface area contributed by atoms with E-state index in [1.807, 2.05) is 13.8 Å². The van der Waals surface area contributed by atoms with E-state index < -0.39 is 15.1 Å². The topological polar surface area (TPSA) is 75.3 Å². The number of nitrogens with one attached hydrogen (secondary N) is 2. The first-order valence-corrected chi connectivity index (χ1v) is 9.17. The number of halogens is 1. The van der Waals surface area contributed by atoms with Crippen molar-refractivity contribution < 1.29 is 13.2 Å². The number of carbonyl (C=O) groups excluding carboxylic acids is 1. The van der Waals surface area contributed by atoms with Crippen LogP contribution in [-0.4, -0.2) is 45.0 Å². The standard InChI is InChI=1S/C14H28N2O3S.ClH/c1-11(2)13(14(17)16-10-9-15-3)20(18,19)12-7-5-4-6-8-12;/h11-13,15H,4-10H2,1-3H3,(H,16,17);1H. The molecule has 2 N–H and O–H groups in total. The van der Waals surface area contributed by atoms with Crippen molar-refractivity contribution in [1.82, 2.24) is 10.6 Å². The van der Waals surface area contributed by atoms with Gasteiger partial charge in [0.15, 0.2) is 9.84 Å². The van der Waals surface area contributed by atoms with Crippen molar-refractivity contribution in [2.75, 3.05) is 20.1 Å². The van der Waals surface area contributed by atoms with Crippen LogP contribution >= 0.6 is 12.4 Å². The zero-order valence-corrected chi connectivity index (χ0v) is 14.9. The lowest BCUT2D eigenvalue weighted by Gasteiger charge is -2.28. The minimum atomic E-state index is -3.39. The Morgan fingerprint density at radius 1 is 1.14 bits per heavy atom. The molecular weight excluding hydrogens is 312 g/mol. The van der Waals surface area contributed by atoms with Crippen LogP contribution in [0, 0.1) is 5.92 Å². The second-order valence-corrected chi connectivity index (χ2v) is 8.26. The summed E-state index contributed by atoms with van der Waals surface area (Å²) >= 11 is 0. The van der Waals surface area contributed by atoms with Gasteiger partial charge in [-0.15, -0.1) is 12.4 Å². The second kappa shape index (κ2) is 9.64. The predicted molar refractivity (Wildman–Crippen MR) is 88.6 cm³/mol. The highest BCUT2D eigenvalue weighted by atomic mass is 35.5. The molecule has 0 heterocycles. The molecule has 1 aliphatic carbocycles. The number of hydrogen-bond donors (Lipinski definition) is 2. The van der Waals surface area contributed by atoms with Crippen LogP contribution in [0.2, 0.25) is 0 Å². The van der Waals surface area contributed by atoms with Gasteiger partial charge in [0.1, 0.15) is 5.25 Å². The first-order valence-electron chi connectivity index (χ1n) is 7.56. The maximum atomic E-state index is 12.7. The van der Waals surface area contributed by atoms with Gasteiger partial charge in [-0.25, -0.2) is 8.42 Å². The molecule has 1 saturated carbocycles. The van der Waals surface area contributed by atoms with E-state index in [4.69, 9.17) is 0 Å². The average molecular weight is 341 g/mol. The monoisotopic (exact) mass is 340 g/mol. The highest BCUT2D eigenvalue weighted by Crippen LogP contribution is 2.28. The molecule has 1 unspecified atom stereocenters. The molecule has 0 aliphatic heterocycles. The zero-order chi connectivity index (χ0) is 15.2. The first kappa shape index (κ1) is 20.7. The lowest BCUT2D eigenvalue weighted by molar-refractivity contribution is -0.121. The number of rotatable bonds is 7. The Hall–Kier alpha value is -0.330. The predicted octanol–water partition coefficient (Wildman–Crippen LogP) is 1.52. The van der Waals surface area contributed by atoms with Crippen LogP contribution in [0.3, 0.4) is 0 Å². The molecule has 0 spiro atoms. The summed E-state index contributed by atoms with van der Waals surface area (Å²) in [5, 5.41) is 4.41. The van der Waals surface area contributed by atoms with Crippen molar-refractivity contribution in [2.45, 2.75) is 56.5 Å². The zero-order valence-electron chi connectivity index (χ0n) is 13.2. The third-order valence-electron chi connectivity index (χ3n) is 3.91. The average Bonchev–Trinajstić information content (AvgIpc) is 2.39. The summed E-state index contributed by atoms with van der Waals surface area (Å²) in [6, 6.07) is 0. The molecule has 0 saturated heterocycles. The van der Waals surface area contributed by atoms with Crippen molar-refractivity contribution in [2.24, 2.45) is 5.92 Å². The van der Waals surface area contributed by atoms with Gasteiger partial charge in [0, 0.05) is 13.1 Å². The molecular formula is C14H29ClN2O3S. The SMILES string of the molecule is CNCCNC(=O)C(C(C)C)S(=O)(=O)C1CCCCC1.Cl. The number of likely N-dealkylation sites (N-methyl/N-ethyl adjacent to an activating group) is 1. The molecule has 0 bridgehead atoms. The van der Waals surface area contributed by atoms with Gasteiger partial charge >= 0.3 is 0 Å². The van der Waals surface area contributed by atoms with Crippen LogP contribution < -0.4 is 10.6 Å². The number of hydrogen-bond acceptors (Lipinski definition) is 4. The summed E-state index contributed by atoms with van der Waals surface area (Å²) in [5.41, 5.74) is 0. The molecule has 1 aliphatic rings. The van der Waals surface area contributed by atoms with Crippen LogP contribution in [0.25, 0.3) is 0 Å². The van der Waals surface area contributed by atoms with Crippen LogP contribution in [0.15, 0.2) is 0 Å². The number of sulfone groups is 1. The molecule has 21 heavy (non-hydrogen) atoms. The number of carbonyl (C=O) groups is 1. The van der Waals surface area contributed by atoms with Crippen molar-refractivity contribution in [3.8, 4) is 0 Å². The van der Waals surface area contributed by atoms with E-state index >= 15 is 0 Å². The van der Waals surface area contributed by atoms with Crippen molar-refractivity contribution in [1.29, 1.82) is 0 Å². The molecule has 0 aromatic carbocycles. The second-order valence-electron chi connectivity index (χ2n) is 5.91. The number of amides is 1. The fraction of sp³-hybridized carbons (Fsp3) is 0.929. The Morgan fingerprint density at radius 2 is 1.71 bits per heavy atom.